The van der Waals surface area contributed by atoms with Crippen LogP contribution in [0.3, 0.4) is 0 Å². The van der Waals surface area contributed by atoms with E-state index in [4.69, 9.17) is 14.7 Å². The minimum Gasteiger partial charge on any atom is -0.481 e. The third-order valence-corrected chi connectivity index (χ3v) is 5.54. The van der Waals surface area contributed by atoms with E-state index in [1.807, 2.05) is 48.5 Å². The number of fused-ring (bicyclic) bond motifs is 3. The molecular formula is C25H30N2O6. The van der Waals surface area contributed by atoms with Gasteiger partial charge < -0.3 is 15.2 Å². The van der Waals surface area contributed by atoms with E-state index >= 15 is 0 Å². The molecule has 2 N–H and O–H groups in total. The molecule has 1 aliphatic rings. The molecule has 0 saturated carbocycles. The molecule has 1 aliphatic carbocycles. The molecular weight excluding hydrogens is 424 g/mol. The Kier molecular flexibility index (Phi) is 8.06. The van der Waals surface area contributed by atoms with E-state index < -0.39 is 24.0 Å². The molecule has 8 nitrogen and oxygen atoms in total. The van der Waals surface area contributed by atoms with Crippen LogP contribution in [0.15, 0.2) is 48.5 Å². The number of rotatable bonds is 10. The number of carbonyl (C=O) groups excluding carboxylic acids is 2. The lowest BCUT2D eigenvalue weighted by Gasteiger charge is -2.29. The second kappa shape index (κ2) is 11.0. The molecule has 2 amide bonds. The van der Waals surface area contributed by atoms with Crippen molar-refractivity contribution >= 4 is 18.0 Å². The maximum absolute atomic E-state index is 12.9. The average molecular weight is 455 g/mol. The third kappa shape index (κ3) is 5.70. The molecule has 176 valence electrons. The van der Waals surface area contributed by atoms with Gasteiger partial charge in [0, 0.05) is 12.3 Å². The fourth-order valence-corrected chi connectivity index (χ4v) is 4.07. The smallest absolute Gasteiger partial charge is 0.407 e. The van der Waals surface area contributed by atoms with Crippen LogP contribution in [0.2, 0.25) is 0 Å². The molecule has 3 rings (SSSR count). The lowest BCUT2D eigenvalue weighted by atomic mass is 9.98. The minimum atomic E-state index is -1.08. The zero-order valence-corrected chi connectivity index (χ0v) is 19.1. The summed E-state index contributed by atoms with van der Waals surface area (Å²) < 4.78 is 5.52. The van der Waals surface area contributed by atoms with Gasteiger partial charge in [-0.05, 0) is 49.4 Å². The Morgan fingerprint density at radius 3 is 2.12 bits per heavy atom. The second-order valence-electron chi connectivity index (χ2n) is 8.13. The number of alkyl carbamates (subject to hydrolysis) is 1. The van der Waals surface area contributed by atoms with Crippen molar-refractivity contribution in [1.82, 2.24) is 10.4 Å². The van der Waals surface area contributed by atoms with Gasteiger partial charge in [0.2, 0.25) is 0 Å². The van der Waals surface area contributed by atoms with Gasteiger partial charge in [-0.1, -0.05) is 48.5 Å². The number of hydrogen-bond donors (Lipinski definition) is 2. The highest BCUT2D eigenvalue weighted by Crippen LogP contribution is 2.44. The zero-order chi connectivity index (χ0) is 24.0. The fourth-order valence-electron chi connectivity index (χ4n) is 4.07. The van der Waals surface area contributed by atoms with E-state index in [2.05, 4.69) is 5.32 Å². The topological polar surface area (TPSA) is 105 Å². The molecule has 0 spiro atoms. The highest BCUT2D eigenvalue weighted by atomic mass is 16.7. The van der Waals surface area contributed by atoms with Crippen molar-refractivity contribution in [3.63, 3.8) is 0 Å². The number of aliphatic carboxylic acids is 1. The molecule has 0 bridgehead atoms. The van der Waals surface area contributed by atoms with Crippen molar-refractivity contribution < 1.29 is 29.1 Å². The maximum Gasteiger partial charge on any atom is 0.407 e. The zero-order valence-electron chi connectivity index (χ0n) is 19.1. The predicted octanol–water partition coefficient (Wildman–Crippen LogP) is 3.95. The van der Waals surface area contributed by atoms with Crippen molar-refractivity contribution in [2.75, 3.05) is 13.2 Å². The van der Waals surface area contributed by atoms with E-state index in [0.717, 1.165) is 27.3 Å². The van der Waals surface area contributed by atoms with Crippen molar-refractivity contribution in [1.29, 1.82) is 0 Å². The first-order valence-electron chi connectivity index (χ1n) is 11.1. The molecule has 0 saturated heterocycles. The van der Waals surface area contributed by atoms with E-state index in [1.54, 1.807) is 20.8 Å². The van der Waals surface area contributed by atoms with Crippen molar-refractivity contribution in [3.05, 3.63) is 59.7 Å². The summed E-state index contributed by atoms with van der Waals surface area (Å²) in [5, 5.41) is 12.8. The summed E-state index contributed by atoms with van der Waals surface area (Å²) in [5.74, 6) is -1.69. The molecule has 33 heavy (non-hydrogen) atoms. The van der Waals surface area contributed by atoms with Gasteiger partial charge in [0.25, 0.3) is 5.91 Å². The number of amides is 2. The average Bonchev–Trinajstić information content (AvgIpc) is 3.12. The van der Waals surface area contributed by atoms with E-state index in [0.29, 0.717) is 0 Å². The Morgan fingerprint density at radius 2 is 1.61 bits per heavy atom. The van der Waals surface area contributed by atoms with E-state index in [-0.39, 0.29) is 38.0 Å². The van der Waals surface area contributed by atoms with Gasteiger partial charge in [0.05, 0.1) is 12.6 Å². The van der Waals surface area contributed by atoms with Crippen molar-refractivity contribution in [2.24, 2.45) is 0 Å². The van der Waals surface area contributed by atoms with Crippen LogP contribution in [0.1, 0.15) is 50.7 Å². The quantitative estimate of drug-likeness (QED) is 0.527. The molecule has 0 radical (unpaired) electrons. The lowest BCUT2D eigenvalue weighted by Crippen LogP contribution is -2.51. The van der Waals surface area contributed by atoms with Crippen molar-refractivity contribution in [3.8, 4) is 11.1 Å². The number of benzene rings is 2. The standard InChI is InChI=1S/C25H30N2O6/c1-4-33-27(16(2)3)24(30)22(13-14-23(28)29)26-25(31)32-15-21-19-11-7-5-9-17(19)18-10-6-8-12-20(18)21/h5-12,16,21-22H,4,13-15H2,1-3H3,(H,26,31)(H,28,29). The number of carboxylic acid groups (broad SMARTS) is 1. The van der Waals surface area contributed by atoms with E-state index in [9.17, 15) is 14.4 Å². The van der Waals surface area contributed by atoms with E-state index in [1.165, 1.54) is 0 Å². The van der Waals surface area contributed by atoms with Crippen LogP contribution in [0, 0.1) is 0 Å². The Bertz CT molecular complexity index is 960. The monoisotopic (exact) mass is 454 g/mol. The highest BCUT2D eigenvalue weighted by molar-refractivity contribution is 5.86. The van der Waals surface area contributed by atoms with Gasteiger partial charge in [0.1, 0.15) is 12.6 Å². The summed E-state index contributed by atoms with van der Waals surface area (Å²) in [6.07, 6.45) is -1.13. The normalized spacial score (nSPS) is 13.2. The first-order valence-corrected chi connectivity index (χ1v) is 11.1. The van der Waals surface area contributed by atoms with Gasteiger partial charge in [-0.3, -0.25) is 14.4 Å². The summed E-state index contributed by atoms with van der Waals surface area (Å²) in [6, 6.07) is 14.6. The van der Waals surface area contributed by atoms with Gasteiger partial charge in [-0.25, -0.2) is 9.86 Å². The molecule has 0 aromatic heterocycles. The molecule has 2 aromatic carbocycles. The molecule has 0 fully saturated rings. The first-order chi connectivity index (χ1) is 15.8. The molecule has 0 heterocycles. The van der Waals surface area contributed by atoms with Crippen LogP contribution >= 0.6 is 0 Å². The molecule has 0 aliphatic heterocycles. The Morgan fingerprint density at radius 1 is 1.03 bits per heavy atom. The van der Waals surface area contributed by atoms with Crippen LogP contribution < -0.4 is 5.32 Å². The Labute approximate surface area is 193 Å². The second-order valence-corrected chi connectivity index (χ2v) is 8.13. The third-order valence-electron chi connectivity index (χ3n) is 5.54. The van der Waals surface area contributed by atoms with Crippen molar-refractivity contribution in [2.45, 2.75) is 51.6 Å². The number of carbonyl (C=O) groups is 3. The molecule has 8 heteroatoms. The summed E-state index contributed by atoms with van der Waals surface area (Å²) >= 11 is 0. The number of nitrogens with zero attached hydrogens (tertiary/aromatic N) is 1. The maximum atomic E-state index is 12.9. The number of hydrogen-bond acceptors (Lipinski definition) is 5. The molecule has 1 unspecified atom stereocenters. The van der Waals surface area contributed by atoms with Gasteiger partial charge in [0.15, 0.2) is 0 Å². The van der Waals surface area contributed by atoms with Crippen LogP contribution in [0.5, 0.6) is 0 Å². The molecule has 2 aromatic rings. The predicted molar refractivity (Wildman–Crippen MR) is 122 cm³/mol. The van der Waals surface area contributed by atoms with Crippen LogP contribution in [-0.2, 0) is 19.2 Å². The lowest BCUT2D eigenvalue weighted by molar-refractivity contribution is -0.197. The number of carboxylic acids is 1. The van der Waals surface area contributed by atoms with Gasteiger partial charge >= 0.3 is 12.1 Å². The first kappa shape index (κ1) is 24.3. The van der Waals surface area contributed by atoms with Gasteiger partial charge in [-0.2, -0.15) is 0 Å². The van der Waals surface area contributed by atoms with Crippen LogP contribution in [0.25, 0.3) is 11.1 Å². The minimum absolute atomic E-state index is 0.0747. The Hall–Kier alpha value is -3.39. The van der Waals surface area contributed by atoms with Gasteiger partial charge in [-0.15, -0.1) is 0 Å². The number of hydroxylamine groups is 2. The molecule has 1 atom stereocenters. The fraction of sp³-hybridized carbons (Fsp3) is 0.400. The summed E-state index contributed by atoms with van der Waals surface area (Å²) in [4.78, 5) is 42.1. The number of ether oxygens (including phenoxy) is 1. The Balaban J connectivity index is 1.70. The summed E-state index contributed by atoms with van der Waals surface area (Å²) in [7, 11) is 0. The highest BCUT2D eigenvalue weighted by Gasteiger charge is 2.32. The summed E-state index contributed by atoms with van der Waals surface area (Å²) in [5.41, 5.74) is 4.38. The van der Waals surface area contributed by atoms with Crippen LogP contribution in [0.4, 0.5) is 4.79 Å². The number of nitrogens with one attached hydrogen (secondary N) is 1. The SMILES string of the molecule is CCON(C(=O)C(CCC(=O)O)NC(=O)OCC1c2ccccc2-c2ccccc21)C(C)C. The van der Waals surface area contributed by atoms with Crippen LogP contribution in [-0.4, -0.2) is 53.4 Å². The summed E-state index contributed by atoms with van der Waals surface area (Å²) in [6.45, 7) is 5.65. The largest absolute Gasteiger partial charge is 0.481 e.